The molecule has 3 rings (SSSR count). The Bertz CT molecular complexity index is 1160. The summed E-state index contributed by atoms with van der Waals surface area (Å²) in [6, 6.07) is 20.0. The lowest BCUT2D eigenvalue weighted by atomic mass is 10.2. The molecule has 0 atom stereocenters. The number of hydrogen-bond acceptors (Lipinski definition) is 5. The van der Waals surface area contributed by atoms with Gasteiger partial charge in [-0.1, -0.05) is 23.8 Å². The third kappa shape index (κ3) is 5.59. The summed E-state index contributed by atoms with van der Waals surface area (Å²) < 4.78 is 38.6. The van der Waals surface area contributed by atoms with E-state index in [1.807, 2.05) is 13.8 Å². The summed E-state index contributed by atoms with van der Waals surface area (Å²) in [5.74, 6) is 0.678. The molecule has 8 heteroatoms. The third-order valence-electron chi connectivity index (χ3n) is 4.69. The average molecular weight is 455 g/mol. The van der Waals surface area contributed by atoms with E-state index in [0.29, 0.717) is 29.5 Å². The van der Waals surface area contributed by atoms with E-state index in [4.69, 9.17) is 9.47 Å². The fourth-order valence-corrected chi connectivity index (χ4v) is 4.48. The van der Waals surface area contributed by atoms with Gasteiger partial charge in [0.25, 0.3) is 10.0 Å². The van der Waals surface area contributed by atoms with Crippen molar-refractivity contribution in [3.63, 3.8) is 0 Å². The zero-order valence-corrected chi connectivity index (χ0v) is 19.1. The highest BCUT2D eigenvalue weighted by atomic mass is 32.2. The maximum atomic E-state index is 13.5. The number of rotatable bonds is 9. The predicted octanol–water partition coefficient (Wildman–Crippen LogP) is 4.24. The van der Waals surface area contributed by atoms with Crippen molar-refractivity contribution in [2.45, 2.75) is 18.7 Å². The van der Waals surface area contributed by atoms with E-state index in [-0.39, 0.29) is 4.90 Å². The SMILES string of the molecule is CCOc1ccc(S(=O)(=O)N(CC(=O)Nc2cccc(OC)c2)c2ccc(C)cc2)cc1. The highest BCUT2D eigenvalue weighted by Gasteiger charge is 2.27. The molecule has 0 fully saturated rings. The molecule has 1 amide bonds. The van der Waals surface area contributed by atoms with Crippen LogP contribution in [-0.2, 0) is 14.8 Å². The molecule has 3 aromatic carbocycles. The minimum atomic E-state index is -4.01. The zero-order chi connectivity index (χ0) is 23.1. The number of ether oxygens (including phenoxy) is 2. The van der Waals surface area contributed by atoms with E-state index in [2.05, 4.69) is 5.32 Å². The van der Waals surface area contributed by atoms with Crippen LogP contribution in [0.3, 0.4) is 0 Å². The first-order valence-electron chi connectivity index (χ1n) is 10.1. The van der Waals surface area contributed by atoms with Gasteiger partial charge in [0.05, 0.1) is 24.3 Å². The van der Waals surface area contributed by atoms with E-state index in [9.17, 15) is 13.2 Å². The number of aryl methyl sites for hydroxylation is 1. The van der Waals surface area contributed by atoms with Crippen LogP contribution in [0.1, 0.15) is 12.5 Å². The van der Waals surface area contributed by atoms with Gasteiger partial charge in [0.2, 0.25) is 5.91 Å². The van der Waals surface area contributed by atoms with Gasteiger partial charge < -0.3 is 14.8 Å². The molecular weight excluding hydrogens is 428 g/mol. The van der Waals surface area contributed by atoms with Gasteiger partial charge in [-0.2, -0.15) is 0 Å². The number of methoxy groups -OCH3 is 1. The van der Waals surface area contributed by atoms with Crippen molar-refractivity contribution >= 4 is 27.3 Å². The lowest BCUT2D eigenvalue weighted by molar-refractivity contribution is -0.114. The summed E-state index contributed by atoms with van der Waals surface area (Å²) >= 11 is 0. The molecule has 7 nitrogen and oxygen atoms in total. The van der Waals surface area contributed by atoms with Crippen molar-refractivity contribution in [1.29, 1.82) is 0 Å². The molecule has 0 spiro atoms. The van der Waals surface area contributed by atoms with Crippen LogP contribution in [-0.4, -0.2) is 34.6 Å². The summed E-state index contributed by atoms with van der Waals surface area (Å²) in [7, 11) is -2.48. The Morgan fingerprint density at radius 1 is 0.969 bits per heavy atom. The van der Waals surface area contributed by atoms with E-state index >= 15 is 0 Å². The summed E-state index contributed by atoms with van der Waals surface area (Å²) in [6.07, 6.45) is 0. The van der Waals surface area contributed by atoms with Crippen LogP contribution in [0.2, 0.25) is 0 Å². The lowest BCUT2D eigenvalue weighted by Crippen LogP contribution is -2.38. The van der Waals surface area contributed by atoms with Crippen LogP contribution in [0.25, 0.3) is 0 Å². The number of sulfonamides is 1. The molecule has 0 heterocycles. The third-order valence-corrected chi connectivity index (χ3v) is 6.47. The van der Waals surface area contributed by atoms with E-state index in [1.165, 1.54) is 19.2 Å². The Morgan fingerprint density at radius 2 is 1.66 bits per heavy atom. The maximum Gasteiger partial charge on any atom is 0.264 e. The van der Waals surface area contributed by atoms with Gasteiger partial charge in [0.1, 0.15) is 18.0 Å². The van der Waals surface area contributed by atoms with Gasteiger partial charge in [-0.15, -0.1) is 0 Å². The fraction of sp³-hybridized carbons (Fsp3) is 0.208. The van der Waals surface area contributed by atoms with Gasteiger partial charge in [-0.3, -0.25) is 9.10 Å². The normalized spacial score (nSPS) is 11.0. The second-order valence-electron chi connectivity index (χ2n) is 7.03. The predicted molar refractivity (Wildman–Crippen MR) is 125 cm³/mol. The van der Waals surface area contributed by atoms with Crippen LogP contribution in [0.5, 0.6) is 11.5 Å². The zero-order valence-electron chi connectivity index (χ0n) is 18.2. The molecule has 0 aliphatic heterocycles. The molecule has 0 aromatic heterocycles. The molecule has 0 radical (unpaired) electrons. The number of amides is 1. The number of anilines is 2. The Labute approximate surface area is 188 Å². The monoisotopic (exact) mass is 454 g/mol. The Balaban J connectivity index is 1.90. The van der Waals surface area contributed by atoms with Gasteiger partial charge in [-0.25, -0.2) is 8.42 Å². The van der Waals surface area contributed by atoms with Crippen LogP contribution < -0.4 is 19.1 Å². The molecule has 0 saturated heterocycles. The molecule has 3 aromatic rings. The van der Waals surface area contributed by atoms with Gasteiger partial charge >= 0.3 is 0 Å². The van der Waals surface area contributed by atoms with Crippen molar-refractivity contribution in [3.05, 3.63) is 78.4 Å². The number of nitrogens with zero attached hydrogens (tertiary/aromatic N) is 1. The molecule has 0 unspecified atom stereocenters. The van der Waals surface area contributed by atoms with Gasteiger partial charge in [0, 0.05) is 11.8 Å². The molecule has 1 N–H and O–H groups in total. The van der Waals surface area contributed by atoms with Gasteiger partial charge in [0.15, 0.2) is 0 Å². The van der Waals surface area contributed by atoms with Crippen molar-refractivity contribution in [1.82, 2.24) is 0 Å². The maximum absolute atomic E-state index is 13.5. The van der Waals surface area contributed by atoms with Gasteiger partial charge in [-0.05, 0) is 62.4 Å². The summed E-state index contributed by atoms with van der Waals surface area (Å²) in [6.45, 7) is 3.84. The second-order valence-corrected chi connectivity index (χ2v) is 8.89. The highest BCUT2D eigenvalue weighted by Crippen LogP contribution is 2.26. The van der Waals surface area contributed by atoms with Crippen molar-refractivity contribution in [2.75, 3.05) is 29.9 Å². The highest BCUT2D eigenvalue weighted by molar-refractivity contribution is 7.92. The quantitative estimate of drug-likeness (QED) is 0.523. The van der Waals surface area contributed by atoms with E-state index in [1.54, 1.807) is 60.7 Å². The van der Waals surface area contributed by atoms with Crippen LogP contribution in [0.15, 0.2) is 77.7 Å². The number of carbonyl (C=O) groups excluding carboxylic acids is 1. The molecular formula is C24H26N2O5S. The number of nitrogens with one attached hydrogen (secondary N) is 1. The largest absolute Gasteiger partial charge is 0.497 e. The lowest BCUT2D eigenvalue weighted by Gasteiger charge is -2.24. The second kappa shape index (κ2) is 10.2. The van der Waals surface area contributed by atoms with Crippen molar-refractivity contribution in [3.8, 4) is 11.5 Å². The first-order valence-corrected chi connectivity index (χ1v) is 11.5. The number of hydrogen-bond donors (Lipinski definition) is 1. The molecule has 0 aliphatic carbocycles. The Kier molecular flexibility index (Phi) is 7.37. The van der Waals surface area contributed by atoms with Crippen LogP contribution in [0, 0.1) is 6.92 Å². The standard InChI is InChI=1S/C24H26N2O5S/c1-4-31-21-12-14-23(15-13-21)32(28,29)26(20-10-8-18(2)9-11-20)17-24(27)25-19-6-5-7-22(16-19)30-3/h5-16H,4,17H2,1-3H3,(H,25,27). The summed E-state index contributed by atoms with van der Waals surface area (Å²) in [4.78, 5) is 12.9. The summed E-state index contributed by atoms with van der Waals surface area (Å²) in [5.41, 5.74) is 1.88. The average Bonchev–Trinajstić information content (AvgIpc) is 2.79. The first-order chi connectivity index (χ1) is 15.3. The minimum Gasteiger partial charge on any atom is -0.497 e. The van der Waals surface area contributed by atoms with E-state index < -0.39 is 22.5 Å². The Morgan fingerprint density at radius 3 is 2.28 bits per heavy atom. The smallest absolute Gasteiger partial charge is 0.264 e. The minimum absolute atomic E-state index is 0.0655. The molecule has 0 bridgehead atoms. The molecule has 32 heavy (non-hydrogen) atoms. The first kappa shape index (κ1) is 23.1. The van der Waals surface area contributed by atoms with Crippen molar-refractivity contribution in [2.24, 2.45) is 0 Å². The number of benzene rings is 3. The summed E-state index contributed by atoms with van der Waals surface area (Å²) in [5, 5.41) is 2.73. The molecule has 0 saturated carbocycles. The topological polar surface area (TPSA) is 84.9 Å². The number of carbonyl (C=O) groups is 1. The van der Waals surface area contributed by atoms with Crippen molar-refractivity contribution < 1.29 is 22.7 Å². The van der Waals surface area contributed by atoms with Crippen LogP contribution in [0.4, 0.5) is 11.4 Å². The fourth-order valence-electron chi connectivity index (χ4n) is 3.06. The molecule has 168 valence electrons. The van der Waals surface area contributed by atoms with E-state index in [0.717, 1.165) is 9.87 Å². The molecule has 0 aliphatic rings. The Hall–Kier alpha value is -3.52. The van der Waals surface area contributed by atoms with Crippen LogP contribution >= 0.6 is 0 Å².